The highest BCUT2D eigenvalue weighted by Gasteiger charge is 2.10. The molecular formula is C11H12BrN5O. The SMILES string of the molecule is Cn1cnc(CNC(=O)c2ccc(Br)cc2N)n1. The molecule has 0 aliphatic heterocycles. The Kier molecular flexibility index (Phi) is 3.61. The molecule has 0 fully saturated rings. The van der Waals surface area contributed by atoms with Gasteiger partial charge in [-0.3, -0.25) is 9.48 Å². The van der Waals surface area contributed by atoms with E-state index in [1.54, 1.807) is 36.3 Å². The van der Waals surface area contributed by atoms with Gasteiger partial charge in [0.1, 0.15) is 6.33 Å². The van der Waals surface area contributed by atoms with E-state index in [2.05, 4.69) is 31.3 Å². The zero-order valence-electron chi connectivity index (χ0n) is 9.72. The molecule has 1 amide bonds. The zero-order chi connectivity index (χ0) is 13.1. The smallest absolute Gasteiger partial charge is 0.253 e. The number of carbonyl (C=O) groups is 1. The van der Waals surface area contributed by atoms with Gasteiger partial charge in [-0.05, 0) is 18.2 Å². The number of aryl methyl sites for hydroxylation is 1. The monoisotopic (exact) mass is 309 g/mol. The lowest BCUT2D eigenvalue weighted by Crippen LogP contribution is -2.24. The van der Waals surface area contributed by atoms with Gasteiger partial charge in [-0.2, -0.15) is 5.10 Å². The maximum Gasteiger partial charge on any atom is 0.253 e. The van der Waals surface area contributed by atoms with E-state index in [0.717, 1.165) is 4.47 Å². The highest BCUT2D eigenvalue weighted by molar-refractivity contribution is 9.10. The largest absolute Gasteiger partial charge is 0.398 e. The number of hydrogen-bond donors (Lipinski definition) is 2. The predicted octanol–water partition coefficient (Wildman–Crippen LogP) is 1.09. The van der Waals surface area contributed by atoms with Gasteiger partial charge in [0.15, 0.2) is 5.82 Å². The van der Waals surface area contributed by atoms with E-state index in [1.165, 1.54) is 0 Å². The highest BCUT2D eigenvalue weighted by atomic mass is 79.9. The van der Waals surface area contributed by atoms with Crippen LogP contribution in [0.2, 0.25) is 0 Å². The van der Waals surface area contributed by atoms with Gasteiger partial charge in [0, 0.05) is 17.2 Å². The van der Waals surface area contributed by atoms with Gasteiger partial charge in [0.2, 0.25) is 0 Å². The van der Waals surface area contributed by atoms with Gasteiger partial charge in [0.25, 0.3) is 5.91 Å². The highest BCUT2D eigenvalue weighted by Crippen LogP contribution is 2.18. The number of nitrogens with one attached hydrogen (secondary N) is 1. The number of amides is 1. The van der Waals surface area contributed by atoms with Crippen LogP contribution >= 0.6 is 15.9 Å². The average Bonchev–Trinajstić information content (AvgIpc) is 2.72. The molecule has 0 unspecified atom stereocenters. The first kappa shape index (κ1) is 12.6. The van der Waals surface area contributed by atoms with E-state index in [-0.39, 0.29) is 12.5 Å². The first-order valence-electron chi connectivity index (χ1n) is 5.24. The third-order valence-electron chi connectivity index (χ3n) is 2.31. The topological polar surface area (TPSA) is 85.8 Å². The predicted molar refractivity (Wildman–Crippen MR) is 70.7 cm³/mol. The summed E-state index contributed by atoms with van der Waals surface area (Å²) in [5.74, 6) is 0.314. The standard InChI is InChI=1S/C11H12BrN5O/c1-17-6-15-10(16-17)5-14-11(18)8-3-2-7(12)4-9(8)13/h2-4,6H,5,13H2,1H3,(H,14,18). The summed E-state index contributed by atoms with van der Waals surface area (Å²) < 4.78 is 2.41. The summed E-state index contributed by atoms with van der Waals surface area (Å²) in [6.45, 7) is 0.273. The number of hydrogen-bond acceptors (Lipinski definition) is 4. The fraction of sp³-hybridized carbons (Fsp3) is 0.182. The molecule has 0 aliphatic carbocycles. The van der Waals surface area contributed by atoms with Crippen molar-refractivity contribution in [3.63, 3.8) is 0 Å². The fourth-order valence-electron chi connectivity index (χ4n) is 1.46. The number of carbonyl (C=O) groups excluding carboxylic acids is 1. The van der Waals surface area contributed by atoms with Gasteiger partial charge >= 0.3 is 0 Å². The minimum absolute atomic E-state index is 0.243. The lowest BCUT2D eigenvalue weighted by atomic mass is 10.1. The molecule has 3 N–H and O–H groups in total. The molecule has 1 aromatic carbocycles. The number of halogens is 1. The van der Waals surface area contributed by atoms with Crippen LogP contribution in [0.25, 0.3) is 0 Å². The Morgan fingerprint density at radius 2 is 2.33 bits per heavy atom. The van der Waals surface area contributed by atoms with Gasteiger partial charge in [0.05, 0.1) is 12.1 Å². The minimum Gasteiger partial charge on any atom is -0.398 e. The first-order chi connectivity index (χ1) is 8.56. The molecule has 0 atom stereocenters. The third-order valence-corrected chi connectivity index (χ3v) is 2.81. The molecule has 18 heavy (non-hydrogen) atoms. The lowest BCUT2D eigenvalue weighted by Gasteiger charge is -2.06. The Morgan fingerprint density at radius 1 is 1.56 bits per heavy atom. The summed E-state index contributed by atoms with van der Waals surface area (Å²) in [4.78, 5) is 15.9. The van der Waals surface area contributed by atoms with E-state index >= 15 is 0 Å². The van der Waals surface area contributed by atoms with Crippen molar-refractivity contribution >= 4 is 27.5 Å². The van der Waals surface area contributed by atoms with Gasteiger partial charge in [-0.15, -0.1) is 0 Å². The van der Waals surface area contributed by atoms with Crippen molar-refractivity contribution in [1.29, 1.82) is 0 Å². The van der Waals surface area contributed by atoms with Crippen LogP contribution in [-0.4, -0.2) is 20.7 Å². The van der Waals surface area contributed by atoms with Gasteiger partial charge < -0.3 is 11.1 Å². The second-order valence-corrected chi connectivity index (χ2v) is 4.66. The fourth-order valence-corrected chi connectivity index (χ4v) is 1.84. The molecule has 7 heteroatoms. The molecule has 0 radical (unpaired) electrons. The molecule has 0 saturated heterocycles. The zero-order valence-corrected chi connectivity index (χ0v) is 11.3. The normalized spacial score (nSPS) is 10.3. The molecule has 0 spiro atoms. The van der Waals surface area contributed by atoms with Crippen LogP contribution in [0, 0.1) is 0 Å². The van der Waals surface area contributed by atoms with Crippen molar-refractivity contribution in [2.75, 3.05) is 5.73 Å². The van der Waals surface area contributed by atoms with Gasteiger partial charge in [-0.25, -0.2) is 4.98 Å². The second kappa shape index (κ2) is 5.18. The van der Waals surface area contributed by atoms with Crippen LogP contribution in [0.15, 0.2) is 29.0 Å². The summed E-state index contributed by atoms with van der Waals surface area (Å²) >= 11 is 3.29. The third kappa shape index (κ3) is 2.86. The second-order valence-electron chi connectivity index (χ2n) is 3.75. The Labute approximate surface area is 112 Å². The minimum atomic E-state index is -0.243. The molecule has 0 saturated carbocycles. The summed E-state index contributed by atoms with van der Waals surface area (Å²) in [5, 5.41) is 6.78. The van der Waals surface area contributed by atoms with E-state index < -0.39 is 0 Å². The number of nitrogen functional groups attached to an aromatic ring is 1. The first-order valence-corrected chi connectivity index (χ1v) is 6.03. The maximum atomic E-state index is 11.9. The van der Waals surface area contributed by atoms with Crippen LogP contribution in [-0.2, 0) is 13.6 Å². The Bertz CT molecular complexity index is 581. The Balaban J connectivity index is 2.03. The van der Waals surface area contributed by atoms with Crippen molar-refractivity contribution in [1.82, 2.24) is 20.1 Å². The maximum absolute atomic E-state index is 11.9. The molecule has 1 aromatic heterocycles. The molecular weight excluding hydrogens is 298 g/mol. The lowest BCUT2D eigenvalue weighted by molar-refractivity contribution is 0.0950. The molecule has 2 aromatic rings. The number of anilines is 1. The molecule has 94 valence electrons. The van der Waals surface area contributed by atoms with Crippen LogP contribution < -0.4 is 11.1 Å². The quantitative estimate of drug-likeness (QED) is 0.831. The number of benzene rings is 1. The molecule has 2 rings (SSSR count). The van der Waals surface area contributed by atoms with Crippen molar-refractivity contribution in [3.8, 4) is 0 Å². The van der Waals surface area contributed by atoms with Crippen LogP contribution in [0.5, 0.6) is 0 Å². The number of aromatic nitrogens is 3. The van der Waals surface area contributed by atoms with Crippen molar-refractivity contribution in [3.05, 3.63) is 40.4 Å². The summed E-state index contributed by atoms with van der Waals surface area (Å²) in [6, 6.07) is 5.12. The number of rotatable bonds is 3. The van der Waals surface area contributed by atoms with E-state index in [1.807, 2.05) is 0 Å². The van der Waals surface area contributed by atoms with Crippen LogP contribution in [0.4, 0.5) is 5.69 Å². The molecule has 0 aliphatic rings. The van der Waals surface area contributed by atoms with E-state index in [0.29, 0.717) is 17.1 Å². The number of nitrogens with two attached hydrogens (primary N) is 1. The number of nitrogens with zero attached hydrogens (tertiary/aromatic N) is 3. The van der Waals surface area contributed by atoms with Crippen LogP contribution in [0.1, 0.15) is 16.2 Å². The van der Waals surface area contributed by atoms with Crippen molar-refractivity contribution in [2.24, 2.45) is 7.05 Å². The van der Waals surface area contributed by atoms with Crippen molar-refractivity contribution in [2.45, 2.75) is 6.54 Å². The van der Waals surface area contributed by atoms with E-state index in [4.69, 9.17) is 5.73 Å². The Morgan fingerprint density at radius 3 is 2.94 bits per heavy atom. The van der Waals surface area contributed by atoms with Crippen molar-refractivity contribution < 1.29 is 4.79 Å². The van der Waals surface area contributed by atoms with Gasteiger partial charge in [-0.1, -0.05) is 15.9 Å². The molecule has 1 heterocycles. The molecule has 6 nitrogen and oxygen atoms in total. The van der Waals surface area contributed by atoms with E-state index in [9.17, 15) is 4.79 Å². The van der Waals surface area contributed by atoms with Crippen LogP contribution in [0.3, 0.4) is 0 Å². The Hall–Kier alpha value is -1.89. The summed E-state index contributed by atoms with van der Waals surface area (Å²) in [5.41, 5.74) is 6.63. The molecule has 0 bridgehead atoms. The average molecular weight is 310 g/mol. The summed E-state index contributed by atoms with van der Waals surface area (Å²) in [7, 11) is 1.77. The summed E-state index contributed by atoms with van der Waals surface area (Å²) in [6.07, 6.45) is 1.58.